The zero-order valence-electron chi connectivity index (χ0n) is 12.7. The van der Waals surface area contributed by atoms with Gasteiger partial charge in [-0.15, -0.1) is 0 Å². The van der Waals surface area contributed by atoms with Crippen LogP contribution in [0.1, 0.15) is 25.3 Å². The highest BCUT2D eigenvalue weighted by Gasteiger charge is 2.26. The fourth-order valence-electron chi connectivity index (χ4n) is 2.77. The van der Waals surface area contributed by atoms with Gasteiger partial charge >= 0.3 is 0 Å². The number of anilines is 1. The molecule has 1 saturated heterocycles. The third kappa shape index (κ3) is 3.93. The predicted molar refractivity (Wildman–Crippen MR) is 95.9 cm³/mol. The SMILES string of the molecule is CCCC(C(N)=S)N1CCN(c2nccc(C)c2Br)CC1. The van der Waals surface area contributed by atoms with Crippen molar-refractivity contribution in [3.8, 4) is 0 Å². The van der Waals surface area contributed by atoms with Crippen molar-refractivity contribution in [3.05, 3.63) is 22.3 Å². The molecule has 0 amide bonds. The lowest BCUT2D eigenvalue weighted by Crippen LogP contribution is -2.54. The molecule has 21 heavy (non-hydrogen) atoms. The van der Waals surface area contributed by atoms with Gasteiger partial charge in [0.15, 0.2) is 0 Å². The zero-order chi connectivity index (χ0) is 15.4. The van der Waals surface area contributed by atoms with Crippen molar-refractivity contribution in [3.63, 3.8) is 0 Å². The number of rotatable bonds is 5. The van der Waals surface area contributed by atoms with E-state index >= 15 is 0 Å². The Morgan fingerprint density at radius 1 is 1.43 bits per heavy atom. The quantitative estimate of drug-likeness (QED) is 0.807. The number of hydrogen-bond donors (Lipinski definition) is 1. The molecule has 1 fully saturated rings. The molecular formula is C15H23BrN4S. The number of piperazine rings is 1. The van der Waals surface area contributed by atoms with Gasteiger partial charge < -0.3 is 10.6 Å². The van der Waals surface area contributed by atoms with Crippen molar-refractivity contribution in [1.82, 2.24) is 9.88 Å². The van der Waals surface area contributed by atoms with Gasteiger partial charge in [-0.1, -0.05) is 25.6 Å². The summed E-state index contributed by atoms with van der Waals surface area (Å²) < 4.78 is 1.10. The molecule has 0 bridgehead atoms. The van der Waals surface area contributed by atoms with Crippen molar-refractivity contribution in [2.45, 2.75) is 32.7 Å². The molecule has 1 unspecified atom stereocenters. The van der Waals surface area contributed by atoms with Crippen LogP contribution in [0.5, 0.6) is 0 Å². The molecule has 0 aromatic carbocycles. The third-order valence-corrected chi connectivity index (χ3v) is 5.26. The molecule has 2 rings (SSSR count). The summed E-state index contributed by atoms with van der Waals surface area (Å²) in [6.07, 6.45) is 4.02. The van der Waals surface area contributed by atoms with Crippen LogP contribution < -0.4 is 10.6 Å². The molecule has 1 aliphatic rings. The molecule has 1 aliphatic heterocycles. The molecule has 0 aliphatic carbocycles. The average Bonchev–Trinajstić information content (AvgIpc) is 2.48. The summed E-state index contributed by atoms with van der Waals surface area (Å²) in [6, 6.07) is 2.26. The minimum Gasteiger partial charge on any atom is -0.392 e. The summed E-state index contributed by atoms with van der Waals surface area (Å²) in [4.78, 5) is 9.88. The monoisotopic (exact) mass is 370 g/mol. The summed E-state index contributed by atoms with van der Waals surface area (Å²) in [6.45, 7) is 8.13. The first-order chi connectivity index (χ1) is 10.0. The van der Waals surface area contributed by atoms with Crippen LogP contribution in [0.15, 0.2) is 16.7 Å². The van der Waals surface area contributed by atoms with Gasteiger partial charge in [0.1, 0.15) is 5.82 Å². The van der Waals surface area contributed by atoms with E-state index in [2.05, 4.69) is 44.6 Å². The molecule has 1 atom stereocenters. The summed E-state index contributed by atoms with van der Waals surface area (Å²) in [5.41, 5.74) is 7.12. The van der Waals surface area contributed by atoms with Gasteiger partial charge in [-0.2, -0.15) is 0 Å². The highest BCUT2D eigenvalue weighted by Crippen LogP contribution is 2.27. The Bertz CT molecular complexity index is 500. The normalized spacial score (nSPS) is 17.8. The minimum atomic E-state index is 0.237. The van der Waals surface area contributed by atoms with Crippen LogP contribution >= 0.6 is 28.1 Å². The summed E-state index contributed by atoms with van der Waals surface area (Å²) in [5, 5.41) is 0. The smallest absolute Gasteiger partial charge is 0.143 e. The van der Waals surface area contributed by atoms with Crippen molar-refractivity contribution >= 4 is 39.0 Å². The number of aromatic nitrogens is 1. The summed E-state index contributed by atoms with van der Waals surface area (Å²) >= 11 is 8.88. The number of aryl methyl sites for hydroxylation is 1. The van der Waals surface area contributed by atoms with Gasteiger partial charge in [-0.3, -0.25) is 4.90 Å². The number of pyridine rings is 1. The highest BCUT2D eigenvalue weighted by molar-refractivity contribution is 9.10. The Morgan fingerprint density at radius 3 is 2.67 bits per heavy atom. The molecule has 6 heteroatoms. The van der Waals surface area contributed by atoms with E-state index in [9.17, 15) is 0 Å². The molecular weight excluding hydrogens is 348 g/mol. The van der Waals surface area contributed by atoms with E-state index in [0.717, 1.165) is 49.3 Å². The topological polar surface area (TPSA) is 45.4 Å². The van der Waals surface area contributed by atoms with Gasteiger partial charge in [0.25, 0.3) is 0 Å². The Labute approximate surface area is 140 Å². The highest BCUT2D eigenvalue weighted by atomic mass is 79.9. The van der Waals surface area contributed by atoms with E-state index in [1.54, 1.807) is 0 Å². The second-order valence-corrected chi connectivity index (χ2v) is 6.76. The first-order valence-electron chi connectivity index (χ1n) is 7.44. The molecule has 0 saturated carbocycles. The Hall–Kier alpha value is -0.720. The van der Waals surface area contributed by atoms with Gasteiger partial charge in [0, 0.05) is 32.4 Å². The van der Waals surface area contributed by atoms with Crippen molar-refractivity contribution in [2.24, 2.45) is 5.73 Å². The molecule has 2 heterocycles. The van der Waals surface area contributed by atoms with E-state index in [1.165, 1.54) is 5.56 Å². The lowest BCUT2D eigenvalue weighted by atomic mass is 10.1. The molecule has 1 aromatic rings. The zero-order valence-corrected chi connectivity index (χ0v) is 15.1. The number of thiocarbonyl (C=S) groups is 1. The molecule has 116 valence electrons. The Morgan fingerprint density at radius 2 is 2.10 bits per heavy atom. The third-order valence-electron chi connectivity index (χ3n) is 4.01. The molecule has 2 N–H and O–H groups in total. The van der Waals surface area contributed by atoms with Crippen LogP contribution in [0, 0.1) is 6.92 Å². The molecule has 1 aromatic heterocycles. The maximum absolute atomic E-state index is 5.90. The average molecular weight is 371 g/mol. The van der Waals surface area contributed by atoms with Crippen LogP contribution in [0.4, 0.5) is 5.82 Å². The fraction of sp³-hybridized carbons (Fsp3) is 0.600. The van der Waals surface area contributed by atoms with Crippen molar-refractivity contribution in [2.75, 3.05) is 31.1 Å². The van der Waals surface area contributed by atoms with Crippen molar-refractivity contribution in [1.29, 1.82) is 0 Å². The minimum absolute atomic E-state index is 0.237. The molecule has 4 nitrogen and oxygen atoms in total. The van der Waals surface area contributed by atoms with Gasteiger partial charge in [-0.25, -0.2) is 4.98 Å². The standard InChI is InChI=1S/C15H23BrN4S/c1-3-4-12(14(17)21)19-7-9-20(10-8-19)15-13(16)11(2)5-6-18-15/h5-6,12H,3-4,7-10H2,1-2H3,(H2,17,21). The molecule has 0 spiro atoms. The van der Waals surface area contributed by atoms with Gasteiger partial charge in [-0.05, 0) is 40.9 Å². The van der Waals surface area contributed by atoms with Crippen LogP contribution in [0.3, 0.4) is 0 Å². The summed E-state index contributed by atoms with van der Waals surface area (Å²) in [5.74, 6) is 1.04. The number of hydrogen-bond acceptors (Lipinski definition) is 4. The van der Waals surface area contributed by atoms with E-state index in [1.807, 2.05) is 12.3 Å². The number of nitrogens with two attached hydrogens (primary N) is 1. The van der Waals surface area contributed by atoms with E-state index in [-0.39, 0.29) is 6.04 Å². The first-order valence-corrected chi connectivity index (χ1v) is 8.64. The van der Waals surface area contributed by atoms with Gasteiger partial charge in [0.05, 0.1) is 15.5 Å². The van der Waals surface area contributed by atoms with Crippen LogP contribution in [-0.2, 0) is 0 Å². The van der Waals surface area contributed by atoms with E-state index in [4.69, 9.17) is 18.0 Å². The second-order valence-electron chi connectivity index (χ2n) is 5.50. The lowest BCUT2D eigenvalue weighted by molar-refractivity contribution is 0.219. The molecule has 0 radical (unpaired) electrons. The fourth-order valence-corrected chi connectivity index (χ4v) is 3.52. The maximum atomic E-state index is 5.90. The number of nitrogens with zero attached hydrogens (tertiary/aromatic N) is 3. The summed E-state index contributed by atoms with van der Waals surface area (Å²) in [7, 11) is 0. The Kier molecular flexibility index (Phi) is 5.96. The van der Waals surface area contributed by atoms with Crippen LogP contribution in [-0.4, -0.2) is 47.1 Å². The van der Waals surface area contributed by atoms with Crippen LogP contribution in [0.25, 0.3) is 0 Å². The first kappa shape index (κ1) is 16.6. The second kappa shape index (κ2) is 7.51. The van der Waals surface area contributed by atoms with E-state index < -0.39 is 0 Å². The van der Waals surface area contributed by atoms with Crippen molar-refractivity contribution < 1.29 is 0 Å². The van der Waals surface area contributed by atoms with Crippen LogP contribution in [0.2, 0.25) is 0 Å². The van der Waals surface area contributed by atoms with E-state index in [0.29, 0.717) is 4.99 Å². The largest absolute Gasteiger partial charge is 0.392 e. The maximum Gasteiger partial charge on any atom is 0.143 e. The predicted octanol–water partition coefficient (Wildman–Crippen LogP) is 2.73. The Balaban J connectivity index is 2.02. The lowest BCUT2D eigenvalue weighted by Gasteiger charge is -2.39. The number of halogens is 1. The van der Waals surface area contributed by atoms with Gasteiger partial charge in [0.2, 0.25) is 0 Å².